The third kappa shape index (κ3) is 2.31. The number of benzene rings is 1. The second kappa shape index (κ2) is 6.24. The van der Waals surface area contributed by atoms with Crippen molar-refractivity contribution in [3.05, 3.63) is 57.6 Å². The number of rotatable bonds is 1. The summed E-state index contributed by atoms with van der Waals surface area (Å²) in [5.41, 5.74) is 0.206. The number of hydrogen-bond acceptors (Lipinski definition) is 4. The first-order valence-corrected chi connectivity index (χ1v) is 9.91. The number of carbonyl (C=O) groups is 2. The van der Waals surface area contributed by atoms with E-state index in [1.54, 1.807) is 18.2 Å². The first-order chi connectivity index (χ1) is 13.4. The van der Waals surface area contributed by atoms with E-state index in [2.05, 4.69) is 15.6 Å². The number of ketones is 1. The predicted molar refractivity (Wildman–Crippen MR) is 103 cm³/mol. The summed E-state index contributed by atoms with van der Waals surface area (Å²) in [6.45, 7) is 0. The number of nitrogens with zero attached hydrogens (tertiary/aromatic N) is 1. The third-order valence-corrected chi connectivity index (χ3v) is 6.71. The fraction of sp³-hybridized carbons (Fsp3) is 0.350. The molecule has 1 aliphatic carbocycles. The number of aromatic nitrogens is 1. The number of carbonyl (C=O) groups excluding carboxylic acids is 2. The molecule has 0 radical (unpaired) electrons. The Kier molecular flexibility index (Phi) is 4.02. The molecule has 1 saturated heterocycles. The molecule has 8 heteroatoms. The van der Waals surface area contributed by atoms with Gasteiger partial charge in [-0.2, -0.15) is 0 Å². The van der Waals surface area contributed by atoms with E-state index >= 15 is 4.39 Å². The Morgan fingerprint density at radius 1 is 1.21 bits per heavy atom. The lowest BCUT2D eigenvalue weighted by atomic mass is 9.68. The molecule has 2 aromatic rings. The smallest absolute Gasteiger partial charge is 0.250 e. The van der Waals surface area contributed by atoms with Gasteiger partial charge in [0, 0.05) is 46.8 Å². The number of nitrogens with one attached hydrogen (secondary N) is 2. The Morgan fingerprint density at radius 2 is 2.04 bits per heavy atom. The van der Waals surface area contributed by atoms with Crippen LogP contribution in [0.25, 0.3) is 0 Å². The predicted octanol–water partition coefficient (Wildman–Crippen LogP) is 3.80. The van der Waals surface area contributed by atoms with Crippen molar-refractivity contribution in [1.82, 2.24) is 10.3 Å². The van der Waals surface area contributed by atoms with Gasteiger partial charge in [0.1, 0.15) is 11.3 Å². The molecule has 0 bridgehead atoms. The summed E-state index contributed by atoms with van der Waals surface area (Å²) in [4.78, 5) is 30.0. The van der Waals surface area contributed by atoms with E-state index in [0.29, 0.717) is 22.7 Å². The van der Waals surface area contributed by atoms with Crippen LogP contribution in [0.3, 0.4) is 0 Å². The molecule has 0 unspecified atom stereocenters. The van der Waals surface area contributed by atoms with E-state index < -0.39 is 23.2 Å². The van der Waals surface area contributed by atoms with Crippen LogP contribution in [-0.4, -0.2) is 22.7 Å². The van der Waals surface area contributed by atoms with Crippen LogP contribution in [0, 0.1) is 11.7 Å². The van der Waals surface area contributed by atoms with E-state index in [1.165, 1.54) is 12.3 Å². The van der Waals surface area contributed by atoms with Crippen LogP contribution in [0.2, 0.25) is 10.2 Å². The Morgan fingerprint density at radius 3 is 2.86 bits per heavy atom. The second-order valence-corrected chi connectivity index (χ2v) is 8.36. The van der Waals surface area contributed by atoms with Gasteiger partial charge >= 0.3 is 0 Å². The Hall–Kier alpha value is -2.02. The van der Waals surface area contributed by atoms with Crippen LogP contribution in [0.5, 0.6) is 0 Å². The van der Waals surface area contributed by atoms with E-state index in [4.69, 9.17) is 23.2 Å². The highest BCUT2D eigenvalue weighted by atomic mass is 35.5. The van der Waals surface area contributed by atoms with Crippen molar-refractivity contribution in [2.24, 2.45) is 5.92 Å². The maximum absolute atomic E-state index is 15.1. The minimum Gasteiger partial charge on any atom is -0.324 e. The molecule has 28 heavy (non-hydrogen) atoms. The van der Waals surface area contributed by atoms with Crippen LogP contribution < -0.4 is 10.6 Å². The maximum Gasteiger partial charge on any atom is 0.250 e. The first-order valence-electron chi connectivity index (χ1n) is 9.15. The minimum atomic E-state index is -1.26. The quantitative estimate of drug-likeness (QED) is 0.689. The van der Waals surface area contributed by atoms with E-state index in [-0.39, 0.29) is 28.4 Å². The summed E-state index contributed by atoms with van der Waals surface area (Å²) in [5, 5.41) is 6.49. The standard InChI is InChI=1S/C20H16Cl2FN3O2/c21-9-4-5-11-13(8-9)25-19(28)20(11)16(10-6-7-24-18(22)17(10)23)15-12(26-20)2-1-3-14(15)27/h4-8,12,15-16,26H,1-3H2,(H,25,28)/t12-,15-,16-,20+/m0/s1. The highest BCUT2D eigenvalue weighted by Crippen LogP contribution is 2.56. The van der Waals surface area contributed by atoms with Crippen molar-refractivity contribution in [3.8, 4) is 0 Å². The number of anilines is 1. The fourth-order valence-electron chi connectivity index (χ4n) is 5.16. The van der Waals surface area contributed by atoms with Gasteiger partial charge in [0.15, 0.2) is 11.0 Å². The Labute approximate surface area is 170 Å². The van der Waals surface area contributed by atoms with Gasteiger partial charge < -0.3 is 5.32 Å². The number of fused-ring (bicyclic) bond motifs is 3. The largest absolute Gasteiger partial charge is 0.324 e. The van der Waals surface area contributed by atoms with E-state index in [0.717, 1.165) is 12.8 Å². The summed E-state index contributed by atoms with van der Waals surface area (Å²) >= 11 is 12.0. The molecule has 2 N–H and O–H groups in total. The molecule has 5 nitrogen and oxygen atoms in total. The number of Topliss-reactive ketones (excluding diaryl/α,β-unsaturated/α-hetero) is 1. The summed E-state index contributed by atoms with van der Waals surface area (Å²) in [7, 11) is 0. The molecule has 1 aromatic heterocycles. The normalized spacial score (nSPS) is 31.0. The summed E-state index contributed by atoms with van der Waals surface area (Å²) in [6.07, 6.45) is 3.31. The van der Waals surface area contributed by atoms with Gasteiger partial charge in [-0.05, 0) is 36.6 Å². The number of hydrogen-bond donors (Lipinski definition) is 2. The molecule has 1 amide bonds. The minimum absolute atomic E-state index is 0.0353. The fourth-order valence-corrected chi connectivity index (χ4v) is 5.49. The zero-order chi connectivity index (χ0) is 19.6. The molecule has 4 atom stereocenters. The lowest BCUT2D eigenvalue weighted by molar-refractivity contribution is -0.125. The van der Waals surface area contributed by atoms with Gasteiger partial charge in [-0.3, -0.25) is 14.9 Å². The zero-order valence-corrected chi connectivity index (χ0v) is 16.1. The molecule has 144 valence electrons. The molecule has 5 rings (SSSR count). The van der Waals surface area contributed by atoms with Crippen LogP contribution in [-0.2, 0) is 15.1 Å². The van der Waals surface area contributed by atoms with Gasteiger partial charge in [0.25, 0.3) is 0 Å². The molecule has 1 aromatic carbocycles. The molecule has 3 heterocycles. The SMILES string of the molecule is O=C1CCC[C@@H]2N[C@@]3(C(=O)Nc4cc(Cl)ccc43)[C@@H](c3ccnc(Cl)c3F)[C@H]12. The van der Waals surface area contributed by atoms with Crippen LogP contribution >= 0.6 is 23.2 Å². The lowest BCUT2D eigenvalue weighted by Gasteiger charge is -2.32. The highest BCUT2D eigenvalue weighted by molar-refractivity contribution is 6.31. The topological polar surface area (TPSA) is 71.1 Å². The average molecular weight is 420 g/mol. The van der Waals surface area contributed by atoms with Crippen molar-refractivity contribution >= 4 is 40.6 Å². The summed E-state index contributed by atoms with van der Waals surface area (Å²) in [5.74, 6) is -2.22. The van der Waals surface area contributed by atoms with Crippen LogP contribution in [0.15, 0.2) is 30.5 Å². The maximum atomic E-state index is 15.1. The summed E-state index contributed by atoms with van der Waals surface area (Å²) in [6, 6.07) is 6.42. The van der Waals surface area contributed by atoms with Crippen LogP contribution in [0.4, 0.5) is 10.1 Å². The van der Waals surface area contributed by atoms with Gasteiger partial charge in [-0.1, -0.05) is 29.3 Å². The lowest BCUT2D eigenvalue weighted by Crippen LogP contribution is -2.49. The number of halogens is 3. The Bertz CT molecular complexity index is 1030. The Balaban J connectivity index is 1.78. The van der Waals surface area contributed by atoms with Crippen molar-refractivity contribution < 1.29 is 14.0 Å². The highest BCUT2D eigenvalue weighted by Gasteiger charge is 2.64. The third-order valence-electron chi connectivity index (χ3n) is 6.21. The molecule has 3 aliphatic rings. The van der Waals surface area contributed by atoms with Gasteiger partial charge in [0.05, 0.1) is 0 Å². The van der Waals surface area contributed by atoms with Crippen molar-refractivity contribution in [3.63, 3.8) is 0 Å². The monoisotopic (exact) mass is 419 g/mol. The van der Waals surface area contributed by atoms with Gasteiger partial charge in [-0.15, -0.1) is 0 Å². The molecular formula is C20H16Cl2FN3O2. The number of amides is 1. The molecular weight excluding hydrogens is 404 g/mol. The number of pyridine rings is 1. The van der Waals surface area contributed by atoms with Crippen molar-refractivity contribution in [1.29, 1.82) is 0 Å². The van der Waals surface area contributed by atoms with Crippen LogP contribution in [0.1, 0.15) is 36.3 Å². The second-order valence-electron chi connectivity index (χ2n) is 7.57. The van der Waals surface area contributed by atoms with E-state index in [1.807, 2.05) is 0 Å². The average Bonchev–Trinajstić information content (AvgIpc) is 3.14. The van der Waals surface area contributed by atoms with E-state index in [9.17, 15) is 9.59 Å². The molecule has 1 spiro atoms. The zero-order valence-electron chi connectivity index (χ0n) is 14.6. The molecule has 1 saturated carbocycles. The molecule has 2 aliphatic heterocycles. The molecule has 2 fully saturated rings. The van der Waals surface area contributed by atoms with Gasteiger partial charge in [-0.25, -0.2) is 9.37 Å². The van der Waals surface area contributed by atoms with Crippen molar-refractivity contribution in [2.75, 3.05) is 5.32 Å². The van der Waals surface area contributed by atoms with Crippen molar-refractivity contribution in [2.45, 2.75) is 36.8 Å². The van der Waals surface area contributed by atoms with Gasteiger partial charge in [0.2, 0.25) is 5.91 Å². The summed E-state index contributed by atoms with van der Waals surface area (Å²) < 4.78 is 15.1. The first kappa shape index (κ1) is 18.0.